The SMILES string of the molecule is BrCCCN(CCCC1CCCO1)C1CCC1. The number of hydrogen-bond donors (Lipinski definition) is 0. The van der Waals surface area contributed by atoms with E-state index in [1.54, 1.807) is 0 Å². The molecule has 0 N–H and O–H groups in total. The molecule has 0 amide bonds. The summed E-state index contributed by atoms with van der Waals surface area (Å²) in [5.74, 6) is 0. The van der Waals surface area contributed by atoms with Crippen molar-refractivity contribution in [1.29, 1.82) is 0 Å². The average molecular weight is 304 g/mol. The molecule has 1 aliphatic heterocycles. The summed E-state index contributed by atoms with van der Waals surface area (Å²) in [6, 6.07) is 0.901. The number of alkyl halides is 1. The third-order valence-electron chi connectivity index (χ3n) is 4.17. The predicted molar refractivity (Wildman–Crippen MR) is 75.8 cm³/mol. The first-order valence-corrected chi connectivity index (χ1v) is 8.44. The van der Waals surface area contributed by atoms with Gasteiger partial charge in [0, 0.05) is 18.0 Å². The number of hydrogen-bond acceptors (Lipinski definition) is 2. The molecule has 3 heteroatoms. The van der Waals surface area contributed by atoms with Crippen LogP contribution in [0.3, 0.4) is 0 Å². The van der Waals surface area contributed by atoms with Crippen molar-refractivity contribution >= 4 is 15.9 Å². The van der Waals surface area contributed by atoms with Gasteiger partial charge < -0.3 is 9.64 Å². The predicted octanol–water partition coefficient (Wildman–Crippen LogP) is 3.59. The fourth-order valence-electron chi connectivity index (χ4n) is 2.89. The van der Waals surface area contributed by atoms with Crippen LogP contribution in [0.25, 0.3) is 0 Å². The van der Waals surface area contributed by atoms with Crippen LogP contribution in [0, 0.1) is 0 Å². The molecular weight excluding hydrogens is 278 g/mol. The minimum Gasteiger partial charge on any atom is -0.378 e. The zero-order valence-corrected chi connectivity index (χ0v) is 12.5. The molecule has 1 saturated carbocycles. The third kappa shape index (κ3) is 4.53. The maximum Gasteiger partial charge on any atom is 0.0576 e. The van der Waals surface area contributed by atoms with Gasteiger partial charge in [-0.15, -0.1) is 0 Å². The second-order valence-electron chi connectivity index (χ2n) is 5.44. The molecule has 0 radical (unpaired) electrons. The minimum atomic E-state index is 0.578. The Balaban J connectivity index is 1.61. The van der Waals surface area contributed by atoms with Crippen LogP contribution in [0.5, 0.6) is 0 Å². The molecule has 1 aliphatic carbocycles. The second kappa shape index (κ2) is 7.75. The molecule has 17 heavy (non-hydrogen) atoms. The van der Waals surface area contributed by atoms with Crippen LogP contribution in [0.15, 0.2) is 0 Å². The number of ether oxygens (including phenoxy) is 1. The molecule has 1 unspecified atom stereocenters. The summed E-state index contributed by atoms with van der Waals surface area (Å²) < 4.78 is 5.69. The lowest BCUT2D eigenvalue weighted by Crippen LogP contribution is -2.41. The van der Waals surface area contributed by atoms with Crippen LogP contribution in [0.4, 0.5) is 0 Å². The quantitative estimate of drug-likeness (QED) is 0.636. The molecule has 1 heterocycles. The summed E-state index contributed by atoms with van der Waals surface area (Å²) >= 11 is 3.54. The molecule has 1 saturated heterocycles. The molecule has 0 aromatic carbocycles. The molecule has 2 nitrogen and oxygen atoms in total. The van der Waals surface area contributed by atoms with Gasteiger partial charge in [0.15, 0.2) is 0 Å². The Morgan fingerprint density at radius 2 is 1.88 bits per heavy atom. The standard InChI is InChI=1S/C14H26BrNO/c15-9-4-11-16(13-5-1-6-13)10-2-7-14-8-3-12-17-14/h13-14H,1-12H2. The molecule has 100 valence electrons. The Labute approximate surface area is 114 Å². The van der Waals surface area contributed by atoms with Crippen molar-refractivity contribution in [2.75, 3.05) is 25.0 Å². The zero-order chi connectivity index (χ0) is 11.9. The molecule has 0 bridgehead atoms. The van der Waals surface area contributed by atoms with Crippen molar-refractivity contribution in [1.82, 2.24) is 4.90 Å². The smallest absolute Gasteiger partial charge is 0.0576 e. The van der Waals surface area contributed by atoms with Crippen LogP contribution >= 0.6 is 15.9 Å². The van der Waals surface area contributed by atoms with Crippen molar-refractivity contribution in [3.63, 3.8) is 0 Å². The van der Waals surface area contributed by atoms with Crippen LogP contribution < -0.4 is 0 Å². The Morgan fingerprint density at radius 3 is 2.47 bits per heavy atom. The Hall–Kier alpha value is 0.400. The first-order chi connectivity index (χ1) is 8.40. The van der Waals surface area contributed by atoms with E-state index in [0.29, 0.717) is 6.10 Å². The van der Waals surface area contributed by atoms with Gasteiger partial charge in [0.05, 0.1) is 6.10 Å². The normalized spacial score (nSPS) is 25.4. The van der Waals surface area contributed by atoms with E-state index in [-0.39, 0.29) is 0 Å². The Bertz CT molecular complexity index is 202. The maximum absolute atomic E-state index is 5.69. The van der Waals surface area contributed by atoms with Crippen molar-refractivity contribution in [2.24, 2.45) is 0 Å². The van der Waals surface area contributed by atoms with E-state index in [9.17, 15) is 0 Å². The van der Waals surface area contributed by atoms with Gasteiger partial charge in [-0.2, -0.15) is 0 Å². The Morgan fingerprint density at radius 1 is 1.06 bits per heavy atom. The van der Waals surface area contributed by atoms with Gasteiger partial charge in [-0.1, -0.05) is 22.4 Å². The summed E-state index contributed by atoms with van der Waals surface area (Å²) in [6.45, 7) is 3.57. The average Bonchev–Trinajstić information content (AvgIpc) is 2.76. The summed E-state index contributed by atoms with van der Waals surface area (Å²) in [5, 5.41) is 1.14. The summed E-state index contributed by atoms with van der Waals surface area (Å²) in [4.78, 5) is 2.72. The highest BCUT2D eigenvalue weighted by Gasteiger charge is 2.24. The van der Waals surface area contributed by atoms with E-state index < -0.39 is 0 Å². The largest absolute Gasteiger partial charge is 0.378 e. The fraction of sp³-hybridized carbons (Fsp3) is 1.00. The number of rotatable bonds is 8. The molecule has 0 spiro atoms. The maximum atomic E-state index is 5.69. The summed E-state index contributed by atoms with van der Waals surface area (Å²) in [6.07, 6.45) is 11.4. The highest BCUT2D eigenvalue weighted by molar-refractivity contribution is 9.09. The van der Waals surface area contributed by atoms with Gasteiger partial charge in [0.2, 0.25) is 0 Å². The van der Waals surface area contributed by atoms with Crippen LogP contribution in [-0.4, -0.2) is 42.1 Å². The van der Waals surface area contributed by atoms with Crippen molar-refractivity contribution in [3.05, 3.63) is 0 Å². The van der Waals surface area contributed by atoms with Crippen LogP contribution in [0.1, 0.15) is 51.4 Å². The highest BCUT2D eigenvalue weighted by atomic mass is 79.9. The van der Waals surface area contributed by atoms with E-state index in [1.165, 1.54) is 64.5 Å². The molecule has 0 aromatic rings. The second-order valence-corrected chi connectivity index (χ2v) is 6.23. The van der Waals surface area contributed by atoms with Crippen LogP contribution in [-0.2, 0) is 4.74 Å². The fourth-order valence-corrected chi connectivity index (χ4v) is 3.14. The number of nitrogens with zero attached hydrogens (tertiary/aromatic N) is 1. The first kappa shape index (κ1) is 13.8. The van der Waals surface area contributed by atoms with Gasteiger partial charge in [-0.25, -0.2) is 0 Å². The van der Waals surface area contributed by atoms with Gasteiger partial charge in [-0.3, -0.25) is 0 Å². The molecule has 2 fully saturated rings. The van der Waals surface area contributed by atoms with Gasteiger partial charge in [0.25, 0.3) is 0 Å². The van der Waals surface area contributed by atoms with E-state index in [0.717, 1.165) is 18.0 Å². The van der Waals surface area contributed by atoms with Gasteiger partial charge in [0.1, 0.15) is 0 Å². The topological polar surface area (TPSA) is 12.5 Å². The van der Waals surface area contributed by atoms with Crippen molar-refractivity contribution in [3.8, 4) is 0 Å². The minimum absolute atomic E-state index is 0.578. The molecular formula is C14H26BrNO. The first-order valence-electron chi connectivity index (χ1n) is 7.32. The Kier molecular flexibility index (Phi) is 6.30. The van der Waals surface area contributed by atoms with Crippen LogP contribution in [0.2, 0.25) is 0 Å². The lowest BCUT2D eigenvalue weighted by atomic mass is 9.91. The highest BCUT2D eigenvalue weighted by Crippen LogP contribution is 2.26. The van der Waals surface area contributed by atoms with Crippen molar-refractivity contribution in [2.45, 2.75) is 63.5 Å². The lowest BCUT2D eigenvalue weighted by Gasteiger charge is -2.37. The molecule has 1 atom stereocenters. The molecule has 2 aliphatic rings. The van der Waals surface area contributed by atoms with E-state index >= 15 is 0 Å². The van der Waals surface area contributed by atoms with E-state index in [4.69, 9.17) is 4.74 Å². The summed E-state index contributed by atoms with van der Waals surface area (Å²) in [5.41, 5.74) is 0. The zero-order valence-electron chi connectivity index (χ0n) is 10.9. The number of halogens is 1. The van der Waals surface area contributed by atoms with Gasteiger partial charge >= 0.3 is 0 Å². The van der Waals surface area contributed by atoms with E-state index in [2.05, 4.69) is 20.8 Å². The van der Waals surface area contributed by atoms with Gasteiger partial charge in [-0.05, 0) is 58.0 Å². The molecule has 2 rings (SSSR count). The summed E-state index contributed by atoms with van der Waals surface area (Å²) in [7, 11) is 0. The molecule has 0 aromatic heterocycles. The third-order valence-corrected chi connectivity index (χ3v) is 4.73. The monoisotopic (exact) mass is 303 g/mol. The lowest BCUT2D eigenvalue weighted by molar-refractivity contribution is 0.0873. The van der Waals surface area contributed by atoms with Crippen molar-refractivity contribution < 1.29 is 4.74 Å². The van der Waals surface area contributed by atoms with E-state index in [1.807, 2.05) is 0 Å².